The molecular weight excluding hydrogens is 358 g/mol. The summed E-state index contributed by atoms with van der Waals surface area (Å²) in [7, 11) is -3.32. The summed E-state index contributed by atoms with van der Waals surface area (Å²) in [4.78, 5) is 12.4. The minimum absolute atomic E-state index is 0.152. The van der Waals surface area contributed by atoms with Crippen LogP contribution in [-0.4, -0.2) is 20.6 Å². The third kappa shape index (κ3) is 3.36. The monoisotopic (exact) mass is 371 g/mol. The molecule has 0 aliphatic rings. The number of amides is 1. The number of hydrogen-bond donors (Lipinski definition) is 1. The molecule has 1 N–H and O–H groups in total. The molecule has 1 heterocycles. The van der Waals surface area contributed by atoms with Gasteiger partial charge >= 0.3 is 0 Å². The quantitative estimate of drug-likeness (QED) is 0.897. The van der Waals surface area contributed by atoms with Crippen molar-refractivity contribution in [3.63, 3.8) is 0 Å². The van der Waals surface area contributed by atoms with E-state index in [-0.39, 0.29) is 10.8 Å². The molecule has 2 aromatic rings. The standard InChI is InChI=1S/C14H14BrNO4S/c1-8-12(13(15)9(2)20-8)14(17)16-10-5-4-6-11(7-10)21(3,18)19/h4-7H,1-3H3,(H,16,17). The number of hydrogen-bond acceptors (Lipinski definition) is 4. The Morgan fingerprint density at radius 3 is 2.43 bits per heavy atom. The second-order valence-corrected chi connectivity index (χ2v) is 7.47. The van der Waals surface area contributed by atoms with E-state index >= 15 is 0 Å². The van der Waals surface area contributed by atoms with Gasteiger partial charge in [0.2, 0.25) is 0 Å². The third-order valence-electron chi connectivity index (χ3n) is 2.93. The Kier molecular flexibility index (Phi) is 4.25. The molecule has 5 nitrogen and oxygen atoms in total. The molecule has 0 spiro atoms. The van der Waals surface area contributed by atoms with Crippen molar-refractivity contribution < 1.29 is 17.6 Å². The van der Waals surface area contributed by atoms with Crippen molar-refractivity contribution in [3.8, 4) is 0 Å². The SMILES string of the molecule is Cc1oc(C)c(C(=O)Nc2cccc(S(C)(=O)=O)c2)c1Br. The average Bonchev–Trinajstić information content (AvgIpc) is 2.62. The summed E-state index contributed by atoms with van der Waals surface area (Å²) in [5.74, 6) is 0.751. The Bertz CT molecular complexity index is 808. The van der Waals surface area contributed by atoms with Crippen LogP contribution in [0.15, 0.2) is 38.1 Å². The van der Waals surface area contributed by atoms with Crippen LogP contribution >= 0.6 is 15.9 Å². The van der Waals surface area contributed by atoms with Crippen LogP contribution in [0.4, 0.5) is 5.69 Å². The Labute approximate surface area is 131 Å². The number of carbonyl (C=O) groups is 1. The van der Waals surface area contributed by atoms with Gasteiger partial charge in [-0.05, 0) is 48.0 Å². The first kappa shape index (κ1) is 15.8. The predicted molar refractivity (Wildman–Crippen MR) is 83.4 cm³/mol. The van der Waals surface area contributed by atoms with Crippen molar-refractivity contribution in [1.29, 1.82) is 0 Å². The molecule has 0 radical (unpaired) electrons. The van der Waals surface area contributed by atoms with E-state index in [0.717, 1.165) is 6.26 Å². The van der Waals surface area contributed by atoms with Gasteiger partial charge in [-0.2, -0.15) is 0 Å². The van der Waals surface area contributed by atoms with Gasteiger partial charge < -0.3 is 9.73 Å². The molecule has 0 aliphatic carbocycles. The molecule has 112 valence electrons. The van der Waals surface area contributed by atoms with E-state index in [1.54, 1.807) is 26.0 Å². The van der Waals surface area contributed by atoms with E-state index in [9.17, 15) is 13.2 Å². The second kappa shape index (κ2) is 5.65. The van der Waals surface area contributed by atoms with Crippen LogP contribution in [-0.2, 0) is 9.84 Å². The molecule has 0 unspecified atom stereocenters. The van der Waals surface area contributed by atoms with Crippen molar-refractivity contribution in [3.05, 3.63) is 45.8 Å². The van der Waals surface area contributed by atoms with Crippen LogP contribution < -0.4 is 5.32 Å². The van der Waals surface area contributed by atoms with Crippen LogP contribution in [0.1, 0.15) is 21.9 Å². The third-order valence-corrected chi connectivity index (χ3v) is 5.00. The highest BCUT2D eigenvalue weighted by atomic mass is 79.9. The lowest BCUT2D eigenvalue weighted by Gasteiger charge is -2.06. The van der Waals surface area contributed by atoms with Gasteiger partial charge in [-0.25, -0.2) is 8.42 Å². The molecule has 0 atom stereocenters. The van der Waals surface area contributed by atoms with Crippen LogP contribution in [0.2, 0.25) is 0 Å². The fourth-order valence-corrected chi connectivity index (χ4v) is 3.12. The van der Waals surface area contributed by atoms with E-state index in [4.69, 9.17) is 4.42 Å². The van der Waals surface area contributed by atoms with Gasteiger partial charge in [0.15, 0.2) is 9.84 Å². The first-order valence-corrected chi connectivity index (χ1v) is 8.75. The Morgan fingerprint density at radius 1 is 1.24 bits per heavy atom. The fourth-order valence-electron chi connectivity index (χ4n) is 1.91. The van der Waals surface area contributed by atoms with E-state index in [2.05, 4.69) is 21.2 Å². The lowest BCUT2D eigenvalue weighted by atomic mass is 10.2. The number of halogens is 1. The Balaban J connectivity index is 2.32. The molecule has 1 aromatic carbocycles. The zero-order chi connectivity index (χ0) is 15.8. The molecule has 1 amide bonds. The molecule has 0 saturated carbocycles. The van der Waals surface area contributed by atoms with Crippen LogP contribution in [0.5, 0.6) is 0 Å². The molecule has 21 heavy (non-hydrogen) atoms. The highest BCUT2D eigenvalue weighted by Gasteiger charge is 2.20. The first-order chi connectivity index (χ1) is 9.70. The normalized spacial score (nSPS) is 11.4. The van der Waals surface area contributed by atoms with Crippen LogP contribution in [0.3, 0.4) is 0 Å². The molecule has 0 saturated heterocycles. The van der Waals surface area contributed by atoms with Crippen LogP contribution in [0, 0.1) is 13.8 Å². The van der Waals surface area contributed by atoms with Crippen LogP contribution in [0.25, 0.3) is 0 Å². The van der Waals surface area contributed by atoms with Gasteiger partial charge in [0.25, 0.3) is 5.91 Å². The predicted octanol–water partition coefficient (Wildman–Crippen LogP) is 3.31. The summed E-state index contributed by atoms with van der Waals surface area (Å²) in [5, 5.41) is 2.67. The summed E-state index contributed by atoms with van der Waals surface area (Å²) < 4.78 is 29.0. The Hall–Kier alpha value is -1.60. The average molecular weight is 372 g/mol. The van der Waals surface area contributed by atoms with Gasteiger partial charge in [-0.15, -0.1) is 0 Å². The van der Waals surface area contributed by atoms with Crippen molar-refractivity contribution >= 4 is 37.4 Å². The maximum atomic E-state index is 12.3. The molecule has 0 fully saturated rings. The highest BCUT2D eigenvalue weighted by Crippen LogP contribution is 2.28. The number of sulfone groups is 1. The summed E-state index contributed by atoms with van der Waals surface area (Å²) in [6.07, 6.45) is 1.12. The summed E-state index contributed by atoms with van der Waals surface area (Å²) in [6.45, 7) is 3.44. The van der Waals surface area contributed by atoms with E-state index in [0.29, 0.717) is 27.2 Å². The van der Waals surface area contributed by atoms with Crippen molar-refractivity contribution in [2.24, 2.45) is 0 Å². The van der Waals surface area contributed by atoms with Gasteiger partial charge in [0.05, 0.1) is 14.9 Å². The molecular formula is C14H14BrNO4S. The molecule has 2 rings (SSSR count). The zero-order valence-electron chi connectivity index (χ0n) is 11.7. The van der Waals surface area contributed by atoms with E-state index < -0.39 is 9.84 Å². The topological polar surface area (TPSA) is 76.4 Å². The van der Waals surface area contributed by atoms with Gasteiger partial charge in [-0.3, -0.25) is 4.79 Å². The largest absolute Gasteiger partial charge is 0.465 e. The van der Waals surface area contributed by atoms with E-state index in [1.165, 1.54) is 12.1 Å². The molecule has 1 aromatic heterocycles. The highest BCUT2D eigenvalue weighted by molar-refractivity contribution is 9.10. The number of carbonyl (C=O) groups excluding carboxylic acids is 1. The second-order valence-electron chi connectivity index (χ2n) is 4.66. The molecule has 7 heteroatoms. The van der Waals surface area contributed by atoms with E-state index in [1.807, 2.05) is 0 Å². The smallest absolute Gasteiger partial charge is 0.260 e. The van der Waals surface area contributed by atoms with Crippen molar-refractivity contribution in [2.75, 3.05) is 11.6 Å². The number of aryl methyl sites for hydroxylation is 2. The fraction of sp³-hybridized carbons (Fsp3) is 0.214. The molecule has 0 aliphatic heterocycles. The summed E-state index contributed by atoms with van der Waals surface area (Å²) in [5.41, 5.74) is 0.810. The van der Waals surface area contributed by atoms with Gasteiger partial charge in [-0.1, -0.05) is 6.07 Å². The number of benzene rings is 1. The number of furan rings is 1. The van der Waals surface area contributed by atoms with Crippen molar-refractivity contribution in [2.45, 2.75) is 18.7 Å². The lowest BCUT2D eigenvalue weighted by Crippen LogP contribution is -2.13. The summed E-state index contributed by atoms with van der Waals surface area (Å²) >= 11 is 3.31. The maximum absolute atomic E-state index is 12.3. The van der Waals surface area contributed by atoms with Crippen molar-refractivity contribution in [1.82, 2.24) is 0 Å². The lowest BCUT2D eigenvalue weighted by molar-refractivity contribution is 0.102. The molecule has 0 bridgehead atoms. The Morgan fingerprint density at radius 2 is 1.90 bits per heavy atom. The number of rotatable bonds is 3. The number of nitrogens with one attached hydrogen (secondary N) is 1. The van der Waals surface area contributed by atoms with Gasteiger partial charge in [0.1, 0.15) is 11.5 Å². The minimum Gasteiger partial charge on any atom is -0.465 e. The number of anilines is 1. The first-order valence-electron chi connectivity index (χ1n) is 6.07. The minimum atomic E-state index is -3.32. The van der Waals surface area contributed by atoms with Gasteiger partial charge in [0, 0.05) is 11.9 Å². The maximum Gasteiger partial charge on any atom is 0.260 e. The zero-order valence-corrected chi connectivity index (χ0v) is 14.1. The summed E-state index contributed by atoms with van der Waals surface area (Å²) in [6, 6.07) is 6.11.